The lowest BCUT2D eigenvalue weighted by Gasteiger charge is -2.08. The van der Waals surface area contributed by atoms with Gasteiger partial charge in [0.15, 0.2) is 11.5 Å². The fourth-order valence-electron chi connectivity index (χ4n) is 2.42. The van der Waals surface area contributed by atoms with E-state index in [4.69, 9.17) is 0 Å². The molecule has 0 aliphatic rings. The van der Waals surface area contributed by atoms with Crippen LogP contribution in [0.25, 0.3) is 0 Å². The van der Waals surface area contributed by atoms with E-state index >= 15 is 0 Å². The third-order valence-electron chi connectivity index (χ3n) is 3.72. The Balaban J connectivity index is 1.59. The van der Waals surface area contributed by atoms with Crippen LogP contribution in [0.15, 0.2) is 60.7 Å². The molecule has 3 rings (SSSR count). The number of nitrogens with one attached hydrogen (secondary N) is 3. The number of anilines is 3. The Bertz CT molecular complexity index is 975. The second-order valence-electron chi connectivity index (χ2n) is 6.00. The summed E-state index contributed by atoms with van der Waals surface area (Å²) in [6.45, 7) is 1.70. The minimum Gasteiger partial charge on any atom is -0.347 e. The molecule has 0 bridgehead atoms. The van der Waals surface area contributed by atoms with Gasteiger partial charge in [-0.1, -0.05) is 18.2 Å². The highest BCUT2D eigenvalue weighted by molar-refractivity contribution is 5.92. The molecule has 0 saturated carbocycles. The summed E-state index contributed by atoms with van der Waals surface area (Å²) in [4.78, 5) is 23.3. The first-order valence-electron chi connectivity index (χ1n) is 8.50. The summed E-state index contributed by atoms with van der Waals surface area (Å²) in [5, 5.41) is 16.4. The first-order valence-corrected chi connectivity index (χ1v) is 8.50. The third-order valence-corrected chi connectivity index (χ3v) is 3.72. The largest absolute Gasteiger partial charge is 0.347 e. The van der Waals surface area contributed by atoms with Crippen molar-refractivity contribution in [2.75, 3.05) is 10.6 Å². The summed E-state index contributed by atoms with van der Waals surface area (Å²) in [5.74, 6) is -0.411. The fraction of sp³-hybridized carbons (Fsp3) is 0.100. The molecule has 8 heteroatoms. The van der Waals surface area contributed by atoms with Gasteiger partial charge in [0.05, 0.1) is 0 Å². The van der Waals surface area contributed by atoms with E-state index in [0.29, 0.717) is 17.2 Å². The molecule has 0 saturated heterocycles. The number of benzene rings is 2. The minimum atomic E-state index is -0.379. The van der Waals surface area contributed by atoms with Crippen molar-refractivity contribution in [3.05, 3.63) is 77.7 Å². The number of aromatic nitrogens is 2. The Hall–Kier alpha value is -3.81. The van der Waals surface area contributed by atoms with E-state index in [1.807, 2.05) is 6.07 Å². The lowest BCUT2D eigenvalue weighted by Crippen LogP contribution is -2.24. The molecular formula is C20H18FN5O2. The molecule has 28 heavy (non-hydrogen) atoms. The summed E-state index contributed by atoms with van der Waals surface area (Å²) in [5.41, 5.74) is 2.32. The van der Waals surface area contributed by atoms with Crippen molar-refractivity contribution in [1.29, 1.82) is 0 Å². The van der Waals surface area contributed by atoms with Crippen LogP contribution in [0.4, 0.5) is 21.6 Å². The summed E-state index contributed by atoms with van der Waals surface area (Å²) in [6.07, 6.45) is 0. The molecule has 7 nitrogen and oxygen atoms in total. The van der Waals surface area contributed by atoms with E-state index < -0.39 is 0 Å². The van der Waals surface area contributed by atoms with E-state index in [1.54, 1.807) is 42.5 Å². The normalized spacial score (nSPS) is 10.2. The molecule has 0 atom stereocenters. The topological polar surface area (TPSA) is 96.0 Å². The Labute approximate surface area is 161 Å². The monoisotopic (exact) mass is 379 g/mol. The van der Waals surface area contributed by atoms with Gasteiger partial charge in [-0.3, -0.25) is 9.59 Å². The SMILES string of the molecule is CC(=O)Nc1cccc(Nc2ccc(C(=O)NCc3ccc(F)cc3)nn2)c1. The van der Waals surface area contributed by atoms with Crippen LogP contribution >= 0.6 is 0 Å². The van der Waals surface area contributed by atoms with Gasteiger partial charge in [-0.05, 0) is 48.0 Å². The lowest BCUT2D eigenvalue weighted by molar-refractivity contribution is -0.114. The molecule has 0 aliphatic carbocycles. The molecule has 1 aromatic heterocycles. The van der Waals surface area contributed by atoms with Gasteiger partial charge >= 0.3 is 0 Å². The average molecular weight is 379 g/mol. The van der Waals surface area contributed by atoms with Gasteiger partial charge in [0.25, 0.3) is 5.91 Å². The number of hydrogen-bond acceptors (Lipinski definition) is 5. The second-order valence-corrected chi connectivity index (χ2v) is 6.00. The Morgan fingerprint density at radius 1 is 0.964 bits per heavy atom. The minimum absolute atomic E-state index is 0.159. The molecule has 1 heterocycles. The van der Waals surface area contributed by atoms with Crippen molar-refractivity contribution < 1.29 is 14.0 Å². The standard InChI is InChI=1S/C20H18FN5O2/c1-13(27)23-16-3-2-4-17(11-16)24-19-10-9-18(25-26-19)20(28)22-12-14-5-7-15(21)8-6-14/h2-11H,12H2,1H3,(H,22,28)(H,23,27)(H,24,26). The van der Waals surface area contributed by atoms with Crippen molar-refractivity contribution in [3.63, 3.8) is 0 Å². The number of carbonyl (C=O) groups excluding carboxylic acids is 2. The van der Waals surface area contributed by atoms with Gasteiger partial charge < -0.3 is 16.0 Å². The molecule has 0 radical (unpaired) electrons. The zero-order valence-electron chi connectivity index (χ0n) is 15.1. The van der Waals surface area contributed by atoms with Crippen LogP contribution in [0.3, 0.4) is 0 Å². The van der Waals surface area contributed by atoms with Gasteiger partial charge in [0.2, 0.25) is 5.91 Å². The number of carbonyl (C=O) groups is 2. The Morgan fingerprint density at radius 3 is 2.39 bits per heavy atom. The van der Waals surface area contributed by atoms with Gasteiger partial charge in [0, 0.05) is 24.8 Å². The van der Waals surface area contributed by atoms with Crippen LogP contribution in [0.5, 0.6) is 0 Å². The summed E-state index contributed by atoms with van der Waals surface area (Å²) in [7, 11) is 0. The molecule has 142 valence electrons. The maximum atomic E-state index is 12.9. The van der Waals surface area contributed by atoms with Crippen LogP contribution in [-0.4, -0.2) is 22.0 Å². The fourth-order valence-corrected chi connectivity index (χ4v) is 2.42. The van der Waals surface area contributed by atoms with Crippen LogP contribution < -0.4 is 16.0 Å². The van der Waals surface area contributed by atoms with Crippen molar-refractivity contribution in [3.8, 4) is 0 Å². The molecule has 2 amide bonds. The van der Waals surface area contributed by atoms with Gasteiger partial charge in [-0.25, -0.2) is 4.39 Å². The summed E-state index contributed by atoms with van der Waals surface area (Å²) < 4.78 is 12.9. The Kier molecular flexibility index (Phi) is 5.91. The quantitative estimate of drug-likeness (QED) is 0.611. The van der Waals surface area contributed by atoms with E-state index in [1.165, 1.54) is 19.1 Å². The first-order chi connectivity index (χ1) is 13.5. The molecule has 0 aliphatic heterocycles. The van der Waals surface area contributed by atoms with Crippen molar-refractivity contribution in [2.45, 2.75) is 13.5 Å². The molecule has 0 fully saturated rings. The molecule has 0 spiro atoms. The number of nitrogens with zero attached hydrogens (tertiary/aromatic N) is 2. The smallest absolute Gasteiger partial charge is 0.272 e. The summed E-state index contributed by atoms with van der Waals surface area (Å²) in [6, 6.07) is 16.2. The van der Waals surface area contributed by atoms with Crippen molar-refractivity contribution in [2.24, 2.45) is 0 Å². The van der Waals surface area contributed by atoms with Crippen molar-refractivity contribution in [1.82, 2.24) is 15.5 Å². The van der Waals surface area contributed by atoms with Gasteiger partial charge in [0.1, 0.15) is 5.82 Å². The number of hydrogen-bond donors (Lipinski definition) is 3. The zero-order valence-corrected chi connectivity index (χ0v) is 15.1. The van der Waals surface area contributed by atoms with Crippen LogP contribution in [-0.2, 0) is 11.3 Å². The van der Waals surface area contributed by atoms with Gasteiger partial charge in [-0.15, -0.1) is 10.2 Å². The highest BCUT2D eigenvalue weighted by Crippen LogP contribution is 2.18. The molecule has 2 aromatic carbocycles. The number of rotatable bonds is 6. The predicted molar refractivity (Wildman–Crippen MR) is 104 cm³/mol. The maximum absolute atomic E-state index is 12.9. The third kappa shape index (κ3) is 5.34. The van der Waals surface area contributed by atoms with Crippen LogP contribution in [0.2, 0.25) is 0 Å². The molecule has 3 aromatic rings. The first kappa shape index (κ1) is 19.0. The highest BCUT2D eigenvalue weighted by Gasteiger charge is 2.08. The summed E-state index contributed by atoms with van der Waals surface area (Å²) >= 11 is 0. The highest BCUT2D eigenvalue weighted by atomic mass is 19.1. The van der Waals surface area contributed by atoms with Crippen LogP contribution in [0.1, 0.15) is 23.0 Å². The number of halogens is 1. The zero-order chi connectivity index (χ0) is 19.9. The molecule has 0 unspecified atom stereocenters. The maximum Gasteiger partial charge on any atom is 0.272 e. The van der Waals surface area contributed by atoms with Gasteiger partial charge in [-0.2, -0.15) is 0 Å². The van der Waals surface area contributed by atoms with E-state index in [-0.39, 0.29) is 29.9 Å². The van der Waals surface area contributed by atoms with E-state index in [2.05, 4.69) is 26.1 Å². The predicted octanol–water partition coefficient (Wildman–Crippen LogP) is 3.25. The van der Waals surface area contributed by atoms with Crippen LogP contribution in [0, 0.1) is 5.82 Å². The lowest BCUT2D eigenvalue weighted by atomic mass is 10.2. The van der Waals surface area contributed by atoms with Crippen molar-refractivity contribution >= 4 is 29.0 Å². The second kappa shape index (κ2) is 8.72. The Morgan fingerprint density at radius 2 is 1.71 bits per heavy atom. The average Bonchev–Trinajstić information content (AvgIpc) is 2.68. The molecular weight excluding hydrogens is 361 g/mol. The molecule has 3 N–H and O–H groups in total. The van der Waals surface area contributed by atoms with E-state index in [0.717, 1.165) is 5.56 Å². The van der Waals surface area contributed by atoms with E-state index in [9.17, 15) is 14.0 Å². The number of amides is 2.